The summed E-state index contributed by atoms with van der Waals surface area (Å²) in [5.41, 5.74) is 1.45. The predicted octanol–water partition coefficient (Wildman–Crippen LogP) is 2.62. The van der Waals surface area contributed by atoms with Crippen LogP contribution < -0.4 is 10.4 Å². The molecule has 0 N–H and O–H groups in total. The Kier molecular flexibility index (Phi) is 2.25. The summed E-state index contributed by atoms with van der Waals surface area (Å²) >= 11 is 0. The molecule has 3 nitrogen and oxygen atoms in total. The third-order valence-electron chi connectivity index (χ3n) is 2.96. The van der Waals surface area contributed by atoms with Gasteiger partial charge in [0.2, 0.25) is 0 Å². The second-order valence-electron chi connectivity index (χ2n) is 4.21. The zero-order valence-electron chi connectivity index (χ0n) is 9.47. The van der Waals surface area contributed by atoms with Crippen LogP contribution in [-0.4, -0.2) is 0 Å². The van der Waals surface area contributed by atoms with Crippen LogP contribution in [0.2, 0.25) is 0 Å². The van der Waals surface area contributed by atoms with Crippen LogP contribution in [0.5, 0.6) is 5.75 Å². The molecule has 2 heterocycles. The largest absolute Gasteiger partial charge is 0.485 e. The monoisotopic (exact) mass is 228 g/mol. The van der Waals surface area contributed by atoms with E-state index in [1.807, 2.05) is 30.3 Å². The van der Waals surface area contributed by atoms with E-state index >= 15 is 0 Å². The van der Waals surface area contributed by atoms with Crippen molar-refractivity contribution in [2.24, 2.45) is 0 Å². The van der Waals surface area contributed by atoms with E-state index in [-0.39, 0.29) is 11.7 Å². The Morgan fingerprint density at radius 3 is 2.76 bits per heavy atom. The fraction of sp³-hybridized carbons (Fsp3) is 0.214. The molecule has 86 valence electrons. The van der Waals surface area contributed by atoms with Gasteiger partial charge < -0.3 is 9.15 Å². The van der Waals surface area contributed by atoms with Crippen LogP contribution in [0.1, 0.15) is 23.0 Å². The molecule has 0 aliphatic carbocycles. The summed E-state index contributed by atoms with van der Waals surface area (Å²) in [5, 5.41) is 0. The van der Waals surface area contributed by atoms with Crippen LogP contribution in [0.25, 0.3) is 0 Å². The number of fused-ring (bicyclic) bond motifs is 1. The predicted molar refractivity (Wildman–Crippen MR) is 63.2 cm³/mol. The first-order valence-electron chi connectivity index (χ1n) is 5.59. The summed E-state index contributed by atoms with van der Waals surface area (Å²) in [7, 11) is 0. The quantitative estimate of drug-likeness (QED) is 0.753. The average molecular weight is 228 g/mol. The molecule has 0 amide bonds. The molecular formula is C14H12O3. The van der Waals surface area contributed by atoms with Crippen molar-refractivity contribution in [1.82, 2.24) is 0 Å². The van der Waals surface area contributed by atoms with Gasteiger partial charge in [0.25, 0.3) is 0 Å². The number of hydrogen-bond donors (Lipinski definition) is 0. The number of aryl methyl sites for hydroxylation is 1. The van der Waals surface area contributed by atoms with Crippen LogP contribution in [-0.2, 0) is 6.42 Å². The van der Waals surface area contributed by atoms with Crippen LogP contribution in [0.4, 0.5) is 0 Å². The van der Waals surface area contributed by atoms with Gasteiger partial charge in [0, 0.05) is 12.5 Å². The summed E-state index contributed by atoms with van der Waals surface area (Å²) < 4.78 is 10.9. The van der Waals surface area contributed by atoms with Gasteiger partial charge in [-0.05, 0) is 12.5 Å². The molecule has 1 aromatic carbocycles. The summed E-state index contributed by atoms with van der Waals surface area (Å²) in [4.78, 5) is 11.7. The Hall–Kier alpha value is -2.03. The smallest absolute Gasteiger partial charge is 0.343 e. The van der Waals surface area contributed by atoms with Crippen molar-refractivity contribution < 1.29 is 9.15 Å². The van der Waals surface area contributed by atoms with Crippen molar-refractivity contribution in [1.29, 1.82) is 0 Å². The fourth-order valence-corrected chi connectivity index (χ4v) is 2.13. The topological polar surface area (TPSA) is 39.4 Å². The van der Waals surface area contributed by atoms with Crippen LogP contribution >= 0.6 is 0 Å². The van der Waals surface area contributed by atoms with Crippen LogP contribution in [0.3, 0.4) is 0 Å². The number of benzene rings is 1. The fourth-order valence-electron chi connectivity index (χ4n) is 2.13. The lowest BCUT2D eigenvalue weighted by Crippen LogP contribution is -2.06. The second-order valence-corrected chi connectivity index (χ2v) is 4.21. The first-order chi connectivity index (χ1) is 8.24. The van der Waals surface area contributed by atoms with E-state index in [0.29, 0.717) is 23.5 Å². The Morgan fingerprint density at radius 1 is 1.24 bits per heavy atom. The first-order valence-corrected chi connectivity index (χ1v) is 5.59. The van der Waals surface area contributed by atoms with Gasteiger partial charge in [-0.25, -0.2) is 4.79 Å². The Balaban J connectivity index is 1.99. The summed E-state index contributed by atoms with van der Waals surface area (Å²) in [6, 6.07) is 11.7. The maximum atomic E-state index is 11.7. The van der Waals surface area contributed by atoms with E-state index in [1.54, 1.807) is 13.0 Å². The highest BCUT2D eigenvalue weighted by Gasteiger charge is 2.27. The summed E-state index contributed by atoms with van der Waals surface area (Å²) in [6.45, 7) is 1.75. The maximum Gasteiger partial charge on any atom is 0.343 e. The highest BCUT2D eigenvalue weighted by atomic mass is 16.5. The van der Waals surface area contributed by atoms with Gasteiger partial charge in [0.15, 0.2) is 0 Å². The van der Waals surface area contributed by atoms with Gasteiger partial charge in [-0.15, -0.1) is 0 Å². The van der Waals surface area contributed by atoms with Crippen LogP contribution in [0.15, 0.2) is 45.6 Å². The molecule has 1 unspecified atom stereocenters. The molecule has 1 atom stereocenters. The molecule has 17 heavy (non-hydrogen) atoms. The lowest BCUT2D eigenvalue weighted by Gasteiger charge is -2.10. The molecule has 0 spiro atoms. The molecule has 0 fully saturated rings. The highest BCUT2D eigenvalue weighted by Crippen LogP contribution is 2.34. The molecule has 1 aromatic heterocycles. The van der Waals surface area contributed by atoms with Gasteiger partial charge >= 0.3 is 5.63 Å². The standard InChI is InChI=1S/C14H12O3/c1-9-7-13-11(14(15)16-9)8-12(17-13)10-5-3-2-4-6-10/h2-7,12H,8H2,1H3. The van der Waals surface area contributed by atoms with Gasteiger partial charge in [-0.3, -0.25) is 0 Å². The minimum absolute atomic E-state index is 0.0732. The van der Waals surface area contributed by atoms with Crippen LogP contribution in [0, 0.1) is 6.92 Å². The van der Waals surface area contributed by atoms with Crippen molar-refractivity contribution in [2.75, 3.05) is 0 Å². The molecule has 1 aliphatic heterocycles. The number of hydrogen-bond acceptors (Lipinski definition) is 3. The summed E-state index contributed by atoms with van der Waals surface area (Å²) in [5.74, 6) is 1.25. The Bertz CT molecular complexity index is 599. The second kappa shape index (κ2) is 3.77. The normalized spacial score (nSPS) is 17.6. The van der Waals surface area contributed by atoms with E-state index in [2.05, 4.69) is 0 Å². The minimum Gasteiger partial charge on any atom is -0.485 e. The van der Waals surface area contributed by atoms with Gasteiger partial charge in [-0.2, -0.15) is 0 Å². The van der Waals surface area contributed by atoms with E-state index in [9.17, 15) is 4.79 Å². The lowest BCUT2D eigenvalue weighted by molar-refractivity contribution is 0.238. The molecule has 0 saturated carbocycles. The Labute approximate surface area is 98.7 Å². The van der Waals surface area contributed by atoms with Gasteiger partial charge in [0.05, 0.1) is 5.56 Å². The first kappa shape index (κ1) is 10.1. The SMILES string of the molecule is Cc1cc2c(c(=O)o1)CC(c1ccccc1)O2. The van der Waals surface area contributed by atoms with Gasteiger partial charge in [0.1, 0.15) is 17.6 Å². The third-order valence-corrected chi connectivity index (χ3v) is 2.96. The van der Waals surface area contributed by atoms with Crippen molar-refractivity contribution >= 4 is 0 Å². The van der Waals surface area contributed by atoms with E-state index in [1.165, 1.54) is 0 Å². The van der Waals surface area contributed by atoms with Gasteiger partial charge in [-0.1, -0.05) is 30.3 Å². The Morgan fingerprint density at radius 2 is 2.00 bits per heavy atom. The third kappa shape index (κ3) is 1.73. The maximum absolute atomic E-state index is 11.7. The average Bonchev–Trinajstić information content (AvgIpc) is 2.74. The molecule has 0 radical (unpaired) electrons. The van der Waals surface area contributed by atoms with E-state index < -0.39 is 0 Å². The molecule has 3 heteroatoms. The summed E-state index contributed by atoms with van der Waals surface area (Å²) in [6.07, 6.45) is 0.512. The van der Waals surface area contributed by atoms with E-state index in [0.717, 1.165) is 5.56 Å². The zero-order chi connectivity index (χ0) is 11.8. The van der Waals surface area contributed by atoms with E-state index in [4.69, 9.17) is 9.15 Å². The number of rotatable bonds is 1. The van der Waals surface area contributed by atoms with Crippen molar-refractivity contribution in [3.8, 4) is 5.75 Å². The highest BCUT2D eigenvalue weighted by molar-refractivity contribution is 5.38. The molecule has 3 rings (SSSR count). The van der Waals surface area contributed by atoms with Crippen molar-refractivity contribution in [3.63, 3.8) is 0 Å². The number of ether oxygens (including phenoxy) is 1. The van der Waals surface area contributed by atoms with Crippen molar-refractivity contribution in [3.05, 3.63) is 63.7 Å². The zero-order valence-corrected chi connectivity index (χ0v) is 9.47. The lowest BCUT2D eigenvalue weighted by atomic mass is 10.1. The molecule has 0 bridgehead atoms. The van der Waals surface area contributed by atoms with Crippen molar-refractivity contribution in [2.45, 2.75) is 19.4 Å². The minimum atomic E-state index is -0.279. The molecule has 2 aromatic rings. The molecular weight excluding hydrogens is 216 g/mol. The molecule has 0 saturated heterocycles. The molecule has 1 aliphatic rings.